The van der Waals surface area contributed by atoms with E-state index in [1.54, 1.807) is 36.2 Å². The number of imide groups is 1. The van der Waals surface area contributed by atoms with Crippen LogP contribution in [-0.4, -0.2) is 59.6 Å². The number of likely N-dealkylation sites (tertiary alicyclic amines) is 1. The highest BCUT2D eigenvalue weighted by molar-refractivity contribution is 6.22. The molecule has 2 heterocycles. The maximum Gasteiger partial charge on any atom is 0.262 e. The smallest absolute Gasteiger partial charge is 0.262 e. The van der Waals surface area contributed by atoms with Gasteiger partial charge in [0.05, 0.1) is 11.1 Å². The van der Waals surface area contributed by atoms with E-state index >= 15 is 0 Å². The van der Waals surface area contributed by atoms with Gasteiger partial charge in [-0.15, -0.1) is 0 Å². The Labute approximate surface area is 165 Å². The van der Waals surface area contributed by atoms with Crippen molar-refractivity contribution in [1.29, 1.82) is 0 Å². The van der Waals surface area contributed by atoms with Crippen molar-refractivity contribution in [3.63, 3.8) is 0 Å². The van der Waals surface area contributed by atoms with Gasteiger partial charge in [0.1, 0.15) is 6.04 Å². The number of rotatable bonds is 5. The molecule has 7 heteroatoms. The third kappa shape index (κ3) is 3.66. The molecule has 0 radical (unpaired) electrons. The van der Waals surface area contributed by atoms with Crippen LogP contribution in [0, 0.1) is 11.8 Å². The quantitative estimate of drug-likeness (QED) is 0.782. The minimum Gasteiger partial charge on any atom is -0.359 e. The van der Waals surface area contributed by atoms with Crippen molar-refractivity contribution < 1.29 is 19.2 Å². The molecule has 3 rings (SSSR count). The standard InChI is InChI=1S/C21H27N3O4/c1-13(2)12-17(21(28)23-10-8-14(9-11-23)18(25)22-3)24-19(26)15-6-4-5-7-16(15)20(24)27/h4-7,13-14,17H,8-12H2,1-3H3,(H,22,25). The van der Waals surface area contributed by atoms with Crippen LogP contribution in [0.4, 0.5) is 0 Å². The molecule has 1 fully saturated rings. The number of carbonyl (C=O) groups excluding carboxylic acids is 4. The van der Waals surface area contributed by atoms with E-state index in [0.717, 1.165) is 4.90 Å². The Hall–Kier alpha value is -2.70. The van der Waals surface area contributed by atoms with Crippen LogP contribution < -0.4 is 5.32 Å². The van der Waals surface area contributed by atoms with E-state index < -0.39 is 17.9 Å². The Balaban J connectivity index is 1.80. The van der Waals surface area contributed by atoms with Crippen LogP contribution in [0.1, 0.15) is 53.8 Å². The molecule has 4 amide bonds. The molecule has 0 spiro atoms. The summed E-state index contributed by atoms with van der Waals surface area (Å²) in [4.78, 5) is 53.7. The molecule has 1 atom stereocenters. The normalized spacial score (nSPS) is 18.4. The maximum atomic E-state index is 13.3. The summed E-state index contributed by atoms with van der Waals surface area (Å²) < 4.78 is 0. The molecule has 0 bridgehead atoms. The first-order valence-corrected chi connectivity index (χ1v) is 9.82. The molecule has 1 aromatic carbocycles. The lowest BCUT2D eigenvalue weighted by atomic mass is 9.94. The second-order valence-corrected chi connectivity index (χ2v) is 7.89. The van der Waals surface area contributed by atoms with Crippen LogP contribution >= 0.6 is 0 Å². The van der Waals surface area contributed by atoms with E-state index in [-0.39, 0.29) is 23.7 Å². The second kappa shape index (κ2) is 8.12. The van der Waals surface area contributed by atoms with Crippen LogP contribution in [0.3, 0.4) is 0 Å². The molecule has 0 aliphatic carbocycles. The molecule has 28 heavy (non-hydrogen) atoms. The van der Waals surface area contributed by atoms with Gasteiger partial charge in [0.2, 0.25) is 11.8 Å². The molecule has 2 aliphatic rings. The minimum atomic E-state index is -0.816. The van der Waals surface area contributed by atoms with E-state index in [4.69, 9.17) is 0 Å². The number of carbonyl (C=O) groups is 4. The van der Waals surface area contributed by atoms with Gasteiger partial charge < -0.3 is 10.2 Å². The Kier molecular flexibility index (Phi) is 5.82. The summed E-state index contributed by atoms with van der Waals surface area (Å²) in [7, 11) is 1.61. The Bertz CT molecular complexity index is 762. The molecule has 1 unspecified atom stereocenters. The average molecular weight is 385 g/mol. The van der Waals surface area contributed by atoms with Gasteiger partial charge in [-0.05, 0) is 37.3 Å². The summed E-state index contributed by atoms with van der Waals surface area (Å²) in [6.45, 7) is 4.84. The molecule has 1 saturated heterocycles. The first kappa shape index (κ1) is 20.0. The second-order valence-electron chi connectivity index (χ2n) is 7.89. The lowest BCUT2D eigenvalue weighted by Crippen LogP contribution is -2.53. The van der Waals surface area contributed by atoms with E-state index in [2.05, 4.69) is 5.32 Å². The number of nitrogens with zero attached hydrogens (tertiary/aromatic N) is 2. The van der Waals surface area contributed by atoms with Gasteiger partial charge in [-0.25, -0.2) is 0 Å². The minimum absolute atomic E-state index is 0.00817. The van der Waals surface area contributed by atoms with Crippen LogP contribution in [0.2, 0.25) is 0 Å². The van der Waals surface area contributed by atoms with Crippen molar-refractivity contribution >= 4 is 23.6 Å². The number of amides is 4. The maximum absolute atomic E-state index is 13.3. The van der Waals surface area contributed by atoms with Crippen molar-refractivity contribution in [2.45, 2.75) is 39.2 Å². The van der Waals surface area contributed by atoms with Gasteiger partial charge >= 0.3 is 0 Å². The highest BCUT2D eigenvalue weighted by Gasteiger charge is 2.44. The van der Waals surface area contributed by atoms with E-state index in [9.17, 15) is 19.2 Å². The summed E-state index contributed by atoms with van der Waals surface area (Å²) in [5, 5.41) is 2.65. The summed E-state index contributed by atoms with van der Waals surface area (Å²) in [5.74, 6) is -0.983. The molecular formula is C21H27N3O4. The van der Waals surface area contributed by atoms with Gasteiger partial charge in [0.15, 0.2) is 0 Å². The number of nitrogens with one attached hydrogen (secondary N) is 1. The number of hydrogen-bond donors (Lipinski definition) is 1. The Morgan fingerprint density at radius 2 is 1.61 bits per heavy atom. The van der Waals surface area contributed by atoms with E-state index in [1.165, 1.54) is 0 Å². The first-order chi connectivity index (χ1) is 13.3. The summed E-state index contributed by atoms with van der Waals surface area (Å²) in [6.07, 6.45) is 1.59. The molecule has 0 saturated carbocycles. The average Bonchev–Trinajstić information content (AvgIpc) is 2.96. The Morgan fingerprint density at radius 1 is 1.07 bits per heavy atom. The number of fused-ring (bicyclic) bond motifs is 1. The van der Waals surface area contributed by atoms with Crippen LogP contribution in [0.15, 0.2) is 24.3 Å². The third-order valence-electron chi connectivity index (χ3n) is 5.54. The van der Waals surface area contributed by atoms with Crippen LogP contribution in [0.25, 0.3) is 0 Å². The highest BCUT2D eigenvalue weighted by atomic mass is 16.2. The SMILES string of the molecule is CNC(=O)C1CCN(C(=O)C(CC(C)C)N2C(=O)c3ccccc3C2=O)CC1. The van der Waals surface area contributed by atoms with Gasteiger partial charge in [-0.3, -0.25) is 24.1 Å². The number of piperidine rings is 1. The monoisotopic (exact) mass is 385 g/mol. The lowest BCUT2D eigenvalue weighted by molar-refractivity contribution is -0.139. The lowest BCUT2D eigenvalue weighted by Gasteiger charge is -2.36. The van der Waals surface area contributed by atoms with Crippen LogP contribution in [-0.2, 0) is 9.59 Å². The van der Waals surface area contributed by atoms with Crippen molar-refractivity contribution in [3.8, 4) is 0 Å². The van der Waals surface area contributed by atoms with Gasteiger partial charge in [-0.1, -0.05) is 26.0 Å². The predicted molar refractivity (Wildman–Crippen MR) is 104 cm³/mol. The van der Waals surface area contributed by atoms with Gasteiger partial charge in [-0.2, -0.15) is 0 Å². The molecule has 1 aromatic rings. The van der Waals surface area contributed by atoms with Gasteiger partial charge in [0.25, 0.3) is 11.8 Å². The van der Waals surface area contributed by atoms with Crippen LogP contribution in [0.5, 0.6) is 0 Å². The number of benzene rings is 1. The van der Waals surface area contributed by atoms with Crippen molar-refractivity contribution in [2.75, 3.05) is 20.1 Å². The molecule has 0 aromatic heterocycles. The molecule has 150 valence electrons. The summed E-state index contributed by atoms with van der Waals surface area (Å²) in [5.41, 5.74) is 0.708. The van der Waals surface area contributed by atoms with Crippen molar-refractivity contribution in [1.82, 2.24) is 15.1 Å². The fraction of sp³-hybridized carbons (Fsp3) is 0.524. The van der Waals surface area contributed by atoms with E-state index in [1.807, 2.05) is 13.8 Å². The summed E-state index contributed by atoms with van der Waals surface area (Å²) >= 11 is 0. The largest absolute Gasteiger partial charge is 0.359 e. The van der Waals surface area contributed by atoms with Gasteiger partial charge in [0, 0.05) is 26.1 Å². The zero-order chi connectivity index (χ0) is 20.4. The zero-order valence-electron chi connectivity index (χ0n) is 16.6. The van der Waals surface area contributed by atoms with E-state index in [0.29, 0.717) is 43.5 Å². The molecule has 7 nitrogen and oxygen atoms in total. The fourth-order valence-electron chi connectivity index (χ4n) is 4.03. The number of hydrogen-bond acceptors (Lipinski definition) is 4. The predicted octanol–water partition coefficient (Wildman–Crippen LogP) is 1.68. The molecule has 2 aliphatic heterocycles. The summed E-state index contributed by atoms with van der Waals surface area (Å²) in [6, 6.07) is 5.87. The first-order valence-electron chi connectivity index (χ1n) is 9.82. The van der Waals surface area contributed by atoms with Crippen molar-refractivity contribution in [3.05, 3.63) is 35.4 Å². The highest BCUT2D eigenvalue weighted by Crippen LogP contribution is 2.29. The van der Waals surface area contributed by atoms with Crippen molar-refractivity contribution in [2.24, 2.45) is 11.8 Å². The molecular weight excluding hydrogens is 358 g/mol. The zero-order valence-corrected chi connectivity index (χ0v) is 16.6. The third-order valence-corrected chi connectivity index (χ3v) is 5.54. The fourth-order valence-corrected chi connectivity index (χ4v) is 4.03. The molecule has 1 N–H and O–H groups in total. The Morgan fingerprint density at radius 3 is 2.07 bits per heavy atom. The topological polar surface area (TPSA) is 86.8 Å².